The Morgan fingerprint density at radius 3 is 2.81 bits per heavy atom. The molecule has 2 aromatic rings. The van der Waals surface area contributed by atoms with Crippen LogP contribution >= 0.6 is 0 Å². The van der Waals surface area contributed by atoms with Gasteiger partial charge >= 0.3 is 0 Å². The summed E-state index contributed by atoms with van der Waals surface area (Å²) in [6.45, 7) is 1.31. The van der Waals surface area contributed by atoms with E-state index in [1.807, 2.05) is 29.2 Å². The van der Waals surface area contributed by atoms with Gasteiger partial charge in [0, 0.05) is 24.7 Å². The number of carbonyl (C=O) groups excluding carboxylic acids is 2. The van der Waals surface area contributed by atoms with Crippen molar-refractivity contribution in [1.29, 1.82) is 0 Å². The molecule has 27 heavy (non-hydrogen) atoms. The molecular weight excluding hydrogens is 344 g/mol. The van der Waals surface area contributed by atoms with Gasteiger partial charge in [0.05, 0.1) is 24.6 Å². The average Bonchev–Trinajstić information content (AvgIpc) is 3.39. The summed E-state index contributed by atoms with van der Waals surface area (Å²) >= 11 is 0. The lowest BCUT2D eigenvalue weighted by molar-refractivity contribution is -0.137. The zero-order valence-corrected chi connectivity index (χ0v) is 15.5. The first-order valence-corrected chi connectivity index (χ1v) is 9.44. The van der Waals surface area contributed by atoms with Gasteiger partial charge in [-0.3, -0.25) is 14.7 Å². The van der Waals surface area contributed by atoms with Crippen LogP contribution in [0.5, 0.6) is 5.75 Å². The van der Waals surface area contributed by atoms with Crippen molar-refractivity contribution in [1.82, 2.24) is 20.0 Å². The van der Waals surface area contributed by atoms with Gasteiger partial charge in [-0.25, -0.2) is 0 Å². The van der Waals surface area contributed by atoms with Gasteiger partial charge in [0.2, 0.25) is 5.91 Å². The number of hydrogen-bond donors (Lipinski definition) is 1. The average molecular weight is 368 g/mol. The highest BCUT2D eigenvalue weighted by molar-refractivity contribution is 6.01. The van der Waals surface area contributed by atoms with Crippen molar-refractivity contribution in [2.75, 3.05) is 26.7 Å². The monoisotopic (exact) mass is 368 g/mol. The molecule has 1 N–H and O–H groups in total. The summed E-state index contributed by atoms with van der Waals surface area (Å²) in [7, 11) is 1.60. The van der Waals surface area contributed by atoms with Crippen molar-refractivity contribution < 1.29 is 14.3 Å². The molecule has 4 rings (SSSR count). The van der Waals surface area contributed by atoms with Crippen LogP contribution in [0.25, 0.3) is 11.3 Å². The Balaban J connectivity index is 1.51. The minimum absolute atomic E-state index is 0.0490. The van der Waals surface area contributed by atoms with E-state index in [2.05, 4.69) is 10.2 Å². The molecule has 7 nitrogen and oxygen atoms in total. The highest BCUT2D eigenvalue weighted by atomic mass is 16.5. The second-order valence-electron chi connectivity index (χ2n) is 7.14. The number of amides is 2. The summed E-state index contributed by atoms with van der Waals surface area (Å²) in [5.74, 6) is 0.592. The third-order valence-corrected chi connectivity index (χ3v) is 5.54. The molecule has 0 radical (unpaired) electrons. The Bertz CT molecular complexity index is 841. The smallest absolute Gasteiger partial charge is 0.258 e. The molecule has 1 saturated carbocycles. The number of hydrogen-bond acceptors (Lipinski definition) is 4. The van der Waals surface area contributed by atoms with Crippen LogP contribution in [0.1, 0.15) is 36.0 Å². The van der Waals surface area contributed by atoms with E-state index in [1.54, 1.807) is 12.0 Å². The molecule has 2 fully saturated rings. The lowest BCUT2D eigenvalue weighted by Gasteiger charge is -2.37. The zero-order valence-electron chi connectivity index (χ0n) is 15.5. The third kappa shape index (κ3) is 3.41. The van der Waals surface area contributed by atoms with E-state index >= 15 is 0 Å². The second-order valence-corrected chi connectivity index (χ2v) is 7.14. The van der Waals surface area contributed by atoms with Gasteiger partial charge in [-0.1, -0.05) is 25.0 Å². The molecule has 142 valence electrons. The summed E-state index contributed by atoms with van der Waals surface area (Å²) < 4.78 is 5.26. The Morgan fingerprint density at radius 2 is 2.07 bits per heavy atom. The van der Waals surface area contributed by atoms with E-state index < -0.39 is 0 Å². The zero-order chi connectivity index (χ0) is 18.8. The molecule has 1 saturated heterocycles. The van der Waals surface area contributed by atoms with Gasteiger partial charge in [0.15, 0.2) is 0 Å². The lowest BCUT2D eigenvalue weighted by atomic mass is 10.1. The van der Waals surface area contributed by atoms with Crippen LogP contribution in [0.15, 0.2) is 30.5 Å². The molecule has 0 atom stereocenters. The number of H-pyrrole nitrogens is 1. The van der Waals surface area contributed by atoms with Crippen molar-refractivity contribution in [2.45, 2.75) is 31.7 Å². The summed E-state index contributed by atoms with van der Waals surface area (Å²) in [6.07, 6.45) is 6.08. The fourth-order valence-electron chi connectivity index (χ4n) is 4.08. The maximum Gasteiger partial charge on any atom is 0.258 e. The molecule has 1 aromatic carbocycles. The van der Waals surface area contributed by atoms with Crippen LogP contribution in [-0.2, 0) is 4.79 Å². The highest BCUT2D eigenvalue weighted by Gasteiger charge is 2.34. The molecule has 2 amide bonds. The molecular formula is C20H24N4O3. The van der Waals surface area contributed by atoms with Crippen molar-refractivity contribution in [3.63, 3.8) is 0 Å². The van der Waals surface area contributed by atoms with Crippen LogP contribution in [0.2, 0.25) is 0 Å². The van der Waals surface area contributed by atoms with Gasteiger partial charge in [-0.05, 0) is 25.0 Å². The van der Waals surface area contributed by atoms with Crippen LogP contribution in [0.4, 0.5) is 0 Å². The first-order chi connectivity index (χ1) is 13.2. The van der Waals surface area contributed by atoms with Crippen LogP contribution in [-0.4, -0.2) is 64.6 Å². The molecule has 2 heterocycles. The normalized spacial score (nSPS) is 18.2. The molecule has 2 aliphatic rings. The fraction of sp³-hybridized carbons (Fsp3) is 0.450. The quantitative estimate of drug-likeness (QED) is 0.898. The molecule has 0 unspecified atom stereocenters. The predicted molar refractivity (Wildman–Crippen MR) is 100 cm³/mol. The number of aromatic amines is 1. The van der Waals surface area contributed by atoms with Crippen molar-refractivity contribution >= 4 is 11.8 Å². The maximum atomic E-state index is 13.0. The van der Waals surface area contributed by atoms with Crippen LogP contribution in [0, 0.1) is 0 Å². The summed E-state index contributed by atoms with van der Waals surface area (Å²) in [5.41, 5.74) is 1.95. The molecule has 1 aliphatic heterocycles. The van der Waals surface area contributed by atoms with Gasteiger partial charge in [-0.2, -0.15) is 5.10 Å². The minimum Gasteiger partial charge on any atom is -0.497 e. The first kappa shape index (κ1) is 17.6. The Morgan fingerprint density at radius 1 is 1.26 bits per heavy atom. The topological polar surface area (TPSA) is 78.5 Å². The third-order valence-electron chi connectivity index (χ3n) is 5.54. The summed E-state index contributed by atoms with van der Waals surface area (Å²) in [6, 6.07) is 7.83. The lowest BCUT2D eigenvalue weighted by Crippen LogP contribution is -2.54. The molecule has 1 aliphatic carbocycles. The number of ether oxygens (including phenoxy) is 1. The molecule has 7 heteroatoms. The van der Waals surface area contributed by atoms with Crippen molar-refractivity contribution in [2.24, 2.45) is 0 Å². The SMILES string of the molecule is COc1cccc(-c2[nH]ncc2C(=O)N2CCN(C3CCCC3)C(=O)C2)c1. The Hall–Kier alpha value is -2.83. The number of nitrogens with zero attached hydrogens (tertiary/aromatic N) is 3. The summed E-state index contributed by atoms with van der Waals surface area (Å²) in [5, 5.41) is 6.97. The standard InChI is InChI=1S/C20H24N4O3/c1-27-16-8-4-5-14(11-16)19-17(12-21-22-19)20(26)23-9-10-24(18(25)13-23)15-6-2-3-7-15/h4-5,8,11-12,15H,2-3,6-7,9-10,13H2,1H3,(H,21,22). The number of methoxy groups -OCH3 is 1. The highest BCUT2D eigenvalue weighted by Crippen LogP contribution is 2.28. The maximum absolute atomic E-state index is 13.0. The van der Waals surface area contributed by atoms with Gasteiger partial charge in [0.25, 0.3) is 5.91 Å². The van der Waals surface area contributed by atoms with Crippen LogP contribution < -0.4 is 4.74 Å². The number of nitrogens with one attached hydrogen (secondary N) is 1. The van der Waals surface area contributed by atoms with E-state index in [1.165, 1.54) is 19.0 Å². The van der Waals surface area contributed by atoms with E-state index in [0.29, 0.717) is 36.1 Å². The van der Waals surface area contributed by atoms with E-state index in [4.69, 9.17) is 4.74 Å². The predicted octanol–water partition coefficient (Wildman–Crippen LogP) is 2.31. The molecule has 0 spiro atoms. The van der Waals surface area contributed by atoms with Gasteiger partial charge in [-0.15, -0.1) is 0 Å². The first-order valence-electron chi connectivity index (χ1n) is 9.44. The number of rotatable bonds is 4. The fourth-order valence-corrected chi connectivity index (χ4v) is 4.08. The number of benzene rings is 1. The second kappa shape index (κ2) is 7.42. The van der Waals surface area contributed by atoms with Crippen molar-refractivity contribution in [3.05, 3.63) is 36.0 Å². The Kier molecular flexibility index (Phi) is 4.83. The Labute approximate surface area is 158 Å². The number of carbonyl (C=O) groups is 2. The van der Waals surface area contributed by atoms with E-state index in [9.17, 15) is 9.59 Å². The van der Waals surface area contributed by atoms with Gasteiger partial charge < -0.3 is 14.5 Å². The summed E-state index contributed by atoms with van der Waals surface area (Å²) in [4.78, 5) is 29.2. The molecule has 1 aromatic heterocycles. The largest absolute Gasteiger partial charge is 0.497 e. The number of piperazine rings is 1. The van der Waals surface area contributed by atoms with Crippen LogP contribution in [0.3, 0.4) is 0 Å². The molecule has 0 bridgehead atoms. The minimum atomic E-state index is -0.166. The van der Waals surface area contributed by atoms with E-state index in [-0.39, 0.29) is 18.4 Å². The van der Waals surface area contributed by atoms with Gasteiger partial charge in [0.1, 0.15) is 12.3 Å². The van der Waals surface area contributed by atoms with E-state index in [0.717, 1.165) is 18.4 Å². The van der Waals surface area contributed by atoms with Crippen molar-refractivity contribution in [3.8, 4) is 17.0 Å². The number of aromatic nitrogens is 2.